The SMILES string of the molecule is CC(NC(=O)c1cc2sc3ccccc3c2s1)c1ccc(S(C)(=O)=O)cc1. The van der Waals surface area contributed by atoms with Crippen LogP contribution in [0, 0.1) is 0 Å². The van der Waals surface area contributed by atoms with E-state index in [4.69, 9.17) is 0 Å². The highest BCUT2D eigenvalue weighted by Gasteiger charge is 2.17. The summed E-state index contributed by atoms with van der Waals surface area (Å²) in [4.78, 5) is 13.6. The van der Waals surface area contributed by atoms with Crippen molar-refractivity contribution < 1.29 is 13.2 Å². The Morgan fingerprint density at radius 2 is 1.70 bits per heavy atom. The fourth-order valence-electron chi connectivity index (χ4n) is 2.97. The number of nitrogens with one attached hydrogen (secondary N) is 1. The van der Waals surface area contributed by atoms with Gasteiger partial charge in [-0.15, -0.1) is 22.7 Å². The zero-order chi connectivity index (χ0) is 19.2. The highest BCUT2D eigenvalue weighted by Crippen LogP contribution is 2.39. The van der Waals surface area contributed by atoms with E-state index in [-0.39, 0.29) is 16.8 Å². The average molecular weight is 416 g/mol. The molecule has 0 aliphatic heterocycles. The van der Waals surface area contributed by atoms with Crippen molar-refractivity contribution >= 4 is 57.9 Å². The quantitative estimate of drug-likeness (QED) is 0.510. The second kappa shape index (κ2) is 6.74. The van der Waals surface area contributed by atoms with Gasteiger partial charge in [-0.3, -0.25) is 4.79 Å². The van der Waals surface area contributed by atoms with E-state index >= 15 is 0 Å². The minimum absolute atomic E-state index is 0.118. The molecule has 1 N–H and O–H groups in total. The molecule has 4 aromatic rings. The van der Waals surface area contributed by atoms with Gasteiger partial charge in [-0.25, -0.2) is 8.42 Å². The largest absolute Gasteiger partial charge is 0.345 e. The van der Waals surface area contributed by atoms with E-state index in [0.717, 1.165) is 15.0 Å². The van der Waals surface area contributed by atoms with Gasteiger partial charge in [0, 0.05) is 21.0 Å². The predicted octanol–water partition coefficient (Wildman–Crippen LogP) is 5.01. The number of carbonyl (C=O) groups excluding carboxylic acids is 1. The summed E-state index contributed by atoms with van der Waals surface area (Å²) in [6.45, 7) is 1.89. The van der Waals surface area contributed by atoms with Gasteiger partial charge >= 0.3 is 0 Å². The Balaban J connectivity index is 1.55. The number of thiophene rings is 2. The third-order valence-corrected chi connectivity index (χ3v) is 7.97. The molecule has 0 fully saturated rings. The Morgan fingerprint density at radius 3 is 2.41 bits per heavy atom. The molecule has 2 aromatic carbocycles. The third-order valence-electron chi connectivity index (χ3n) is 4.43. The molecular weight excluding hydrogens is 398 g/mol. The van der Waals surface area contributed by atoms with E-state index < -0.39 is 9.84 Å². The number of fused-ring (bicyclic) bond motifs is 3. The Hall–Kier alpha value is -2.22. The van der Waals surface area contributed by atoms with Crippen LogP contribution in [0.25, 0.3) is 19.5 Å². The molecule has 1 amide bonds. The van der Waals surface area contributed by atoms with Gasteiger partial charge in [0.05, 0.1) is 20.5 Å². The maximum absolute atomic E-state index is 12.7. The van der Waals surface area contributed by atoms with Gasteiger partial charge < -0.3 is 5.32 Å². The predicted molar refractivity (Wildman–Crippen MR) is 113 cm³/mol. The van der Waals surface area contributed by atoms with Crippen LogP contribution in [0.4, 0.5) is 0 Å². The lowest BCUT2D eigenvalue weighted by Crippen LogP contribution is -2.25. The topological polar surface area (TPSA) is 63.2 Å². The number of hydrogen-bond donors (Lipinski definition) is 1. The van der Waals surface area contributed by atoms with Crippen LogP contribution in [0.1, 0.15) is 28.2 Å². The van der Waals surface area contributed by atoms with E-state index in [9.17, 15) is 13.2 Å². The van der Waals surface area contributed by atoms with Crippen LogP contribution < -0.4 is 5.32 Å². The fraction of sp³-hybridized carbons (Fsp3) is 0.150. The normalized spacial score (nSPS) is 13.1. The molecule has 4 nitrogen and oxygen atoms in total. The second-order valence-corrected chi connectivity index (χ2v) is 10.6. The number of carbonyl (C=O) groups is 1. The molecule has 0 saturated heterocycles. The van der Waals surface area contributed by atoms with Crippen molar-refractivity contribution in [2.24, 2.45) is 0 Å². The summed E-state index contributed by atoms with van der Waals surface area (Å²) < 4.78 is 26.6. The van der Waals surface area contributed by atoms with E-state index in [1.165, 1.54) is 27.7 Å². The second-order valence-electron chi connectivity index (χ2n) is 6.44. The lowest BCUT2D eigenvalue weighted by molar-refractivity contribution is 0.0944. The molecular formula is C20H17NO3S3. The summed E-state index contributed by atoms with van der Waals surface area (Å²) in [5, 5.41) is 4.18. The summed E-state index contributed by atoms with van der Waals surface area (Å²) in [6, 6.07) is 16.5. The molecule has 1 unspecified atom stereocenters. The number of sulfone groups is 1. The third kappa shape index (κ3) is 3.50. The molecule has 2 heterocycles. The van der Waals surface area contributed by atoms with E-state index in [2.05, 4.69) is 17.4 Å². The van der Waals surface area contributed by atoms with Gasteiger partial charge in [0.1, 0.15) is 0 Å². The minimum atomic E-state index is -3.22. The van der Waals surface area contributed by atoms with Gasteiger partial charge in [0.2, 0.25) is 0 Å². The van der Waals surface area contributed by atoms with E-state index in [1.54, 1.807) is 35.6 Å². The molecule has 0 aliphatic rings. The highest BCUT2D eigenvalue weighted by molar-refractivity contribution is 7.90. The lowest BCUT2D eigenvalue weighted by Gasteiger charge is -2.14. The van der Waals surface area contributed by atoms with Crippen LogP contribution in [0.3, 0.4) is 0 Å². The summed E-state index contributed by atoms with van der Waals surface area (Å²) in [7, 11) is -3.22. The molecule has 0 radical (unpaired) electrons. The van der Waals surface area contributed by atoms with Gasteiger partial charge in [-0.1, -0.05) is 30.3 Å². The first-order valence-corrected chi connectivity index (χ1v) is 11.9. The van der Waals surface area contributed by atoms with Crippen LogP contribution in [0.15, 0.2) is 59.5 Å². The van der Waals surface area contributed by atoms with Gasteiger partial charge in [-0.05, 0) is 36.8 Å². The minimum Gasteiger partial charge on any atom is -0.345 e. The Labute approximate surface area is 165 Å². The van der Waals surface area contributed by atoms with Crippen LogP contribution in [-0.2, 0) is 9.84 Å². The number of amides is 1. The summed E-state index contributed by atoms with van der Waals surface area (Å²) in [5.74, 6) is -0.118. The molecule has 0 aliphatic carbocycles. The van der Waals surface area contributed by atoms with Crippen LogP contribution in [0.2, 0.25) is 0 Å². The molecule has 4 rings (SSSR count). The number of rotatable bonds is 4. The van der Waals surface area contributed by atoms with E-state index in [1.807, 2.05) is 25.1 Å². The van der Waals surface area contributed by atoms with Gasteiger partial charge in [0.25, 0.3) is 5.91 Å². The molecule has 1 atom stereocenters. The average Bonchev–Trinajstić information content (AvgIpc) is 3.19. The lowest BCUT2D eigenvalue weighted by atomic mass is 10.1. The molecule has 7 heteroatoms. The standard InChI is InChI=1S/C20H17NO3S3/c1-12(13-7-9-14(10-8-13)27(2,23)24)21-20(22)18-11-17-19(26-18)15-5-3-4-6-16(15)25-17/h3-12H,1-2H3,(H,21,22). The van der Waals surface area contributed by atoms with Crippen LogP contribution in [-0.4, -0.2) is 20.6 Å². The van der Waals surface area contributed by atoms with Crippen molar-refractivity contribution in [3.8, 4) is 0 Å². The zero-order valence-corrected chi connectivity index (χ0v) is 17.2. The zero-order valence-electron chi connectivity index (χ0n) is 14.7. The molecule has 0 spiro atoms. The molecule has 0 bridgehead atoms. The number of benzene rings is 2. The van der Waals surface area contributed by atoms with Crippen molar-refractivity contribution in [1.82, 2.24) is 5.32 Å². The summed E-state index contributed by atoms with van der Waals surface area (Å²) >= 11 is 3.20. The van der Waals surface area contributed by atoms with Crippen molar-refractivity contribution in [2.75, 3.05) is 6.26 Å². The molecule has 138 valence electrons. The fourth-order valence-corrected chi connectivity index (χ4v) is 6.02. The molecule has 0 saturated carbocycles. The molecule has 27 heavy (non-hydrogen) atoms. The molecule has 2 aromatic heterocycles. The monoisotopic (exact) mass is 415 g/mol. The van der Waals surface area contributed by atoms with Crippen molar-refractivity contribution in [1.29, 1.82) is 0 Å². The first-order chi connectivity index (χ1) is 12.8. The highest BCUT2D eigenvalue weighted by atomic mass is 32.2. The van der Waals surface area contributed by atoms with E-state index in [0.29, 0.717) is 4.88 Å². The maximum Gasteiger partial charge on any atom is 0.261 e. The summed E-state index contributed by atoms with van der Waals surface area (Å²) in [6.07, 6.45) is 1.18. The van der Waals surface area contributed by atoms with Crippen molar-refractivity contribution in [3.63, 3.8) is 0 Å². The maximum atomic E-state index is 12.7. The smallest absolute Gasteiger partial charge is 0.261 e. The van der Waals surface area contributed by atoms with Crippen molar-refractivity contribution in [2.45, 2.75) is 17.9 Å². The first-order valence-electron chi connectivity index (χ1n) is 8.35. The first kappa shape index (κ1) is 18.2. The van der Waals surface area contributed by atoms with Gasteiger partial charge in [-0.2, -0.15) is 0 Å². The summed E-state index contributed by atoms with van der Waals surface area (Å²) in [5.41, 5.74) is 0.861. The van der Waals surface area contributed by atoms with Crippen LogP contribution in [0.5, 0.6) is 0 Å². The Kier molecular flexibility index (Phi) is 4.53. The Bertz CT molecular complexity index is 1250. The van der Waals surface area contributed by atoms with Crippen LogP contribution >= 0.6 is 22.7 Å². The van der Waals surface area contributed by atoms with Crippen molar-refractivity contribution in [3.05, 3.63) is 65.0 Å². The van der Waals surface area contributed by atoms with Gasteiger partial charge in [0.15, 0.2) is 9.84 Å². The Morgan fingerprint density at radius 1 is 1.00 bits per heavy atom. The number of hydrogen-bond acceptors (Lipinski definition) is 5.